The first kappa shape index (κ1) is 35.1. The standard InChI is InChI=1S/C41H64N2/c1-4-6-8-10-12-13-14-15-16-18-26-32-39(40-42-33-35-43(40)34-27-19-17-11-9-7-5-2)41(3,38-30-24-21-25-31-38)36-37-28-22-20-23-29-37/h20-25,28-31,33,35,39H,4-19,26-27,32,34,36H2,1-3H3. The number of benzene rings is 2. The van der Waals surface area contributed by atoms with Crippen molar-refractivity contribution in [2.45, 2.75) is 167 Å². The second kappa shape index (κ2) is 21.4. The molecular weight excluding hydrogens is 520 g/mol. The van der Waals surface area contributed by atoms with Gasteiger partial charge < -0.3 is 4.57 Å². The van der Waals surface area contributed by atoms with Crippen LogP contribution in [0.5, 0.6) is 0 Å². The molecule has 1 heterocycles. The zero-order valence-corrected chi connectivity index (χ0v) is 28.2. The fourth-order valence-corrected chi connectivity index (χ4v) is 7.07. The lowest BCUT2D eigenvalue weighted by Crippen LogP contribution is -2.35. The fourth-order valence-electron chi connectivity index (χ4n) is 7.07. The van der Waals surface area contributed by atoms with E-state index in [1.165, 1.54) is 139 Å². The summed E-state index contributed by atoms with van der Waals surface area (Å²) in [6, 6.07) is 22.5. The minimum atomic E-state index is -0.0235. The Hall–Kier alpha value is -2.35. The molecule has 3 aromatic rings. The van der Waals surface area contributed by atoms with Crippen molar-refractivity contribution >= 4 is 0 Å². The number of hydrogen-bond acceptors (Lipinski definition) is 1. The molecule has 0 fully saturated rings. The molecule has 3 rings (SSSR count). The van der Waals surface area contributed by atoms with Crippen LogP contribution in [0, 0.1) is 0 Å². The molecule has 0 N–H and O–H groups in total. The summed E-state index contributed by atoms with van der Waals surface area (Å²) in [6.45, 7) is 8.21. The van der Waals surface area contributed by atoms with Crippen molar-refractivity contribution in [3.63, 3.8) is 0 Å². The maximum Gasteiger partial charge on any atom is 0.112 e. The lowest BCUT2D eigenvalue weighted by atomic mass is 9.66. The fraction of sp³-hybridized carbons (Fsp3) is 0.634. The Morgan fingerprint density at radius 3 is 1.65 bits per heavy atom. The zero-order valence-electron chi connectivity index (χ0n) is 28.2. The van der Waals surface area contributed by atoms with Crippen LogP contribution in [-0.2, 0) is 18.4 Å². The number of hydrogen-bond donors (Lipinski definition) is 0. The molecule has 2 aromatic carbocycles. The summed E-state index contributed by atoms with van der Waals surface area (Å²) in [6.07, 6.45) is 31.2. The summed E-state index contributed by atoms with van der Waals surface area (Å²) < 4.78 is 2.52. The first-order valence-electron chi connectivity index (χ1n) is 18.3. The maximum absolute atomic E-state index is 5.12. The Bertz CT molecular complexity index is 1060. The number of aromatic nitrogens is 2. The van der Waals surface area contributed by atoms with Crippen molar-refractivity contribution in [2.75, 3.05) is 0 Å². The van der Waals surface area contributed by atoms with Crippen molar-refractivity contribution in [1.29, 1.82) is 0 Å². The Morgan fingerprint density at radius 1 is 0.605 bits per heavy atom. The SMILES string of the molecule is CCCCCCCCCCCCCC(c1nccn1CCCCCCCCC)C(C)(Cc1ccccc1)c1ccccc1. The molecule has 0 amide bonds. The van der Waals surface area contributed by atoms with Gasteiger partial charge in [-0.05, 0) is 30.4 Å². The second-order valence-electron chi connectivity index (χ2n) is 13.4. The molecule has 2 atom stereocenters. The molecule has 0 spiro atoms. The number of nitrogens with zero attached hydrogens (tertiary/aromatic N) is 2. The van der Waals surface area contributed by atoms with E-state index in [1.807, 2.05) is 0 Å². The molecule has 0 aliphatic rings. The van der Waals surface area contributed by atoms with E-state index in [9.17, 15) is 0 Å². The molecule has 43 heavy (non-hydrogen) atoms. The van der Waals surface area contributed by atoms with Gasteiger partial charge in [-0.25, -0.2) is 4.98 Å². The average Bonchev–Trinajstić information content (AvgIpc) is 3.50. The van der Waals surface area contributed by atoms with Crippen LogP contribution in [0.2, 0.25) is 0 Å². The molecule has 0 aliphatic heterocycles. The number of unbranched alkanes of at least 4 members (excludes halogenated alkanes) is 16. The molecule has 0 saturated carbocycles. The van der Waals surface area contributed by atoms with Gasteiger partial charge in [-0.15, -0.1) is 0 Å². The summed E-state index contributed by atoms with van der Waals surface area (Å²) >= 11 is 0. The summed E-state index contributed by atoms with van der Waals surface area (Å²) in [5.74, 6) is 1.69. The normalized spacial score (nSPS) is 13.7. The summed E-state index contributed by atoms with van der Waals surface area (Å²) in [7, 11) is 0. The lowest BCUT2D eigenvalue weighted by molar-refractivity contribution is 0.321. The third-order valence-electron chi connectivity index (χ3n) is 9.77. The zero-order chi connectivity index (χ0) is 30.4. The van der Waals surface area contributed by atoms with E-state index in [1.54, 1.807) is 0 Å². The van der Waals surface area contributed by atoms with Gasteiger partial charge in [0.05, 0.1) is 0 Å². The largest absolute Gasteiger partial charge is 0.335 e. The smallest absolute Gasteiger partial charge is 0.112 e. The first-order chi connectivity index (χ1) is 21.2. The number of rotatable bonds is 25. The van der Waals surface area contributed by atoms with Crippen molar-refractivity contribution < 1.29 is 0 Å². The molecule has 1 aromatic heterocycles. The third-order valence-corrected chi connectivity index (χ3v) is 9.77. The molecule has 2 nitrogen and oxygen atoms in total. The molecule has 0 aliphatic carbocycles. The second-order valence-corrected chi connectivity index (χ2v) is 13.4. The van der Waals surface area contributed by atoms with Crippen LogP contribution in [0.15, 0.2) is 73.1 Å². The third kappa shape index (κ3) is 12.7. The highest BCUT2D eigenvalue weighted by molar-refractivity contribution is 5.33. The lowest BCUT2D eigenvalue weighted by Gasteiger charge is -2.39. The van der Waals surface area contributed by atoms with Gasteiger partial charge >= 0.3 is 0 Å². The van der Waals surface area contributed by atoms with Gasteiger partial charge in [-0.3, -0.25) is 0 Å². The van der Waals surface area contributed by atoms with E-state index in [-0.39, 0.29) is 5.41 Å². The van der Waals surface area contributed by atoms with E-state index >= 15 is 0 Å². The first-order valence-corrected chi connectivity index (χ1v) is 18.3. The van der Waals surface area contributed by atoms with E-state index in [4.69, 9.17) is 4.98 Å². The van der Waals surface area contributed by atoms with Crippen LogP contribution in [-0.4, -0.2) is 9.55 Å². The van der Waals surface area contributed by atoms with Gasteiger partial charge in [0.2, 0.25) is 0 Å². The highest BCUT2D eigenvalue weighted by Gasteiger charge is 2.39. The predicted octanol–water partition coefficient (Wildman–Crippen LogP) is 12.6. The van der Waals surface area contributed by atoms with Crippen LogP contribution in [0.25, 0.3) is 0 Å². The van der Waals surface area contributed by atoms with Crippen LogP contribution in [0.3, 0.4) is 0 Å². The quantitative estimate of drug-likeness (QED) is 0.0906. The molecule has 238 valence electrons. The van der Waals surface area contributed by atoms with E-state index < -0.39 is 0 Å². The number of aryl methyl sites for hydroxylation is 1. The van der Waals surface area contributed by atoms with Crippen molar-refractivity contribution in [3.8, 4) is 0 Å². The molecule has 0 radical (unpaired) electrons. The summed E-state index contributed by atoms with van der Waals surface area (Å²) in [4.78, 5) is 5.12. The maximum atomic E-state index is 5.12. The van der Waals surface area contributed by atoms with Gasteiger partial charge in [-0.1, -0.05) is 191 Å². The highest BCUT2D eigenvalue weighted by Crippen LogP contribution is 2.44. The van der Waals surface area contributed by atoms with Crippen molar-refractivity contribution in [1.82, 2.24) is 9.55 Å². The molecule has 0 saturated heterocycles. The topological polar surface area (TPSA) is 17.8 Å². The molecule has 2 heteroatoms. The minimum absolute atomic E-state index is 0.0235. The minimum Gasteiger partial charge on any atom is -0.335 e. The van der Waals surface area contributed by atoms with Crippen LogP contribution in [0.1, 0.15) is 166 Å². The Morgan fingerprint density at radius 2 is 1.09 bits per heavy atom. The molecule has 0 bridgehead atoms. The molecular formula is C41H64N2. The monoisotopic (exact) mass is 585 g/mol. The van der Waals surface area contributed by atoms with E-state index in [0.717, 1.165) is 13.0 Å². The van der Waals surface area contributed by atoms with Gasteiger partial charge in [0.1, 0.15) is 5.82 Å². The predicted molar refractivity (Wildman–Crippen MR) is 188 cm³/mol. The summed E-state index contributed by atoms with van der Waals surface area (Å²) in [5, 5.41) is 0. The molecule has 2 unspecified atom stereocenters. The summed E-state index contributed by atoms with van der Waals surface area (Å²) in [5.41, 5.74) is 2.84. The Labute approximate surface area is 266 Å². The van der Waals surface area contributed by atoms with Crippen molar-refractivity contribution in [3.05, 3.63) is 90.0 Å². The van der Waals surface area contributed by atoms with E-state index in [2.05, 4.69) is 98.4 Å². The van der Waals surface area contributed by atoms with Gasteiger partial charge in [0, 0.05) is 30.3 Å². The van der Waals surface area contributed by atoms with Crippen LogP contribution < -0.4 is 0 Å². The Balaban J connectivity index is 1.69. The van der Waals surface area contributed by atoms with Crippen LogP contribution in [0.4, 0.5) is 0 Å². The Kier molecular flexibility index (Phi) is 17.5. The van der Waals surface area contributed by atoms with E-state index in [0.29, 0.717) is 5.92 Å². The average molecular weight is 585 g/mol. The van der Waals surface area contributed by atoms with Gasteiger partial charge in [0.15, 0.2) is 0 Å². The van der Waals surface area contributed by atoms with Crippen molar-refractivity contribution in [2.24, 2.45) is 0 Å². The van der Waals surface area contributed by atoms with Gasteiger partial charge in [-0.2, -0.15) is 0 Å². The van der Waals surface area contributed by atoms with Crippen LogP contribution >= 0.6 is 0 Å². The van der Waals surface area contributed by atoms with Gasteiger partial charge in [0.25, 0.3) is 0 Å². The number of imidazole rings is 1. The highest BCUT2D eigenvalue weighted by atomic mass is 15.1.